The first kappa shape index (κ1) is 17.2. The number of nitrogens with zero attached hydrogens (tertiary/aromatic N) is 1. The van der Waals surface area contributed by atoms with Gasteiger partial charge in [-0.25, -0.2) is 0 Å². The van der Waals surface area contributed by atoms with Crippen molar-refractivity contribution in [1.82, 2.24) is 4.57 Å². The molecule has 0 bridgehead atoms. The van der Waals surface area contributed by atoms with E-state index in [2.05, 4.69) is 0 Å². The second-order valence-corrected chi connectivity index (χ2v) is 6.04. The Bertz CT molecular complexity index is 897. The molecule has 2 aromatic carbocycles. The quantitative estimate of drug-likeness (QED) is 0.677. The van der Waals surface area contributed by atoms with E-state index in [0.717, 1.165) is 16.6 Å². The van der Waals surface area contributed by atoms with Gasteiger partial charge in [-0.2, -0.15) is 0 Å². The molecule has 0 spiro atoms. The van der Waals surface area contributed by atoms with Crippen molar-refractivity contribution in [3.05, 3.63) is 65.4 Å². The van der Waals surface area contributed by atoms with E-state index in [1.807, 2.05) is 35.8 Å². The molecule has 130 valence electrons. The highest BCUT2D eigenvalue weighted by atomic mass is 16.5. The van der Waals surface area contributed by atoms with Crippen molar-refractivity contribution in [2.75, 3.05) is 13.7 Å². The van der Waals surface area contributed by atoms with Gasteiger partial charge in [0.25, 0.3) is 0 Å². The predicted molar refractivity (Wildman–Crippen MR) is 98.2 cm³/mol. The lowest BCUT2D eigenvalue weighted by atomic mass is 10.0. The average Bonchev–Trinajstić information content (AvgIpc) is 2.93. The minimum Gasteiger partial charge on any atom is -0.497 e. The molecule has 5 nitrogen and oxygen atoms in total. The first-order valence-electron chi connectivity index (χ1n) is 8.21. The number of aliphatic hydroxyl groups excluding tert-OH is 1. The highest BCUT2D eigenvalue weighted by molar-refractivity contribution is 6.17. The van der Waals surface area contributed by atoms with Gasteiger partial charge in [0.1, 0.15) is 5.75 Å². The fourth-order valence-corrected chi connectivity index (χ4v) is 3.12. The maximum atomic E-state index is 13.1. The molecule has 3 N–H and O–H groups in total. The summed E-state index contributed by atoms with van der Waals surface area (Å²) in [5.41, 5.74) is 8.57. The highest BCUT2D eigenvalue weighted by Crippen LogP contribution is 2.28. The summed E-state index contributed by atoms with van der Waals surface area (Å²) >= 11 is 0. The lowest BCUT2D eigenvalue weighted by molar-refractivity contribution is 0.103. The largest absolute Gasteiger partial charge is 0.497 e. The third-order valence-corrected chi connectivity index (χ3v) is 4.48. The minimum atomic E-state index is -0.654. The summed E-state index contributed by atoms with van der Waals surface area (Å²) in [6, 6.07) is 14.8. The average molecular weight is 338 g/mol. The molecular weight excluding hydrogens is 316 g/mol. The molecule has 0 radical (unpaired) electrons. The van der Waals surface area contributed by atoms with E-state index in [1.165, 1.54) is 0 Å². The van der Waals surface area contributed by atoms with Crippen LogP contribution in [0.4, 0.5) is 0 Å². The summed E-state index contributed by atoms with van der Waals surface area (Å²) in [5.74, 6) is 0.666. The van der Waals surface area contributed by atoms with E-state index >= 15 is 0 Å². The molecule has 1 atom stereocenters. The number of hydrogen-bond acceptors (Lipinski definition) is 4. The van der Waals surface area contributed by atoms with E-state index in [0.29, 0.717) is 23.4 Å². The van der Waals surface area contributed by atoms with Crippen molar-refractivity contribution in [2.45, 2.75) is 19.6 Å². The van der Waals surface area contributed by atoms with Gasteiger partial charge in [-0.05, 0) is 37.3 Å². The highest BCUT2D eigenvalue weighted by Gasteiger charge is 2.21. The third-order valence-electron chi connectivity index (χ3n) is 4.48. The zero-order valence-electron chi connectivity index (χ0n) is 14.4. The molecule has 0 fully saturated rings. The number of hydrogen-bond donors (Lipinski definition) is 2. The van der Waals surface area contributed by atoms with Gasteiger partial charge in [0.2, 0.25) is 0 Å². The standard InChI is InChI=1S/C20H22N2O3/c1-13-19(20(24)14-7-9-16(25-2)10-8-14)17-5-3-4-6-18(17)22(13)12-15(23)11-21/h3-10,15,23H,11-12,21H2,1-2H3. The number of benzene rings is 2. The number of rotatable bonds is 6. The smallest absolute Gasteiger partial charge is 0.195 e. The Balaban J connectivity index is 2.11. The zero-order valence-corrected chi connectivity index (χ0v) is 14.4. The molecule has 3 rings (SSSR count). The summed E-state index contributed by atoms with van der Waals surface area (Å²) in [7, 11) is 1.59. The van der Waals surface area contributed by atoms with Crippen molar-refractivity contribution in [1.29, 1.82) is 0 Å². The Labute approximate surface area is 146 Å². The number of ketones is 1. The molecule has 1 unspecified atom stereocenters. The van der Waals surface area contributed by atoms with Crippen LogP contribution in [0.3, 0.4) is 0 Å². The van der Waals surface area contributed by atoms with Crippen molar-refractivity contribution >= 4 is 16.7 Å². The molecule has 0 aliphatic carbocycles. The van der Waals surface area contributed by atoms with Gasteiger partial charge >= 0.3 is 0 Å². The van der Waals surface area contributed by atoms with Crippen molar-refractivity contribution in [3.8, 4) is 5.75 Å². The number of carbonyl (C=O) groups is 1. The van der Waals surface area contributed by atoms with Gasteiger partial charge in [0.05, 0.1) is 25.3 Å². The van der Waals surface area contributed by atoms with Crippen LogP contribution in [0.15, 0.2) is 48.5 Å². The van der Waals surface area contributed by atoms with Crippen LogP contribution in [-0.2, 0) is 6.54 Å². The number of fused-ring (bicyclic) bond motifs is 1. The molecular formula is C20H22N2O3. The molecule has 1 aromatic heterocycles. The van der Waals surface area contributed by atoms with Crippen LogP contribution < -0.4 is 10.5 Å². The van der Waals surface area contributed by atoms with Gasteiger partial charge in [0.15, 0.2) is 5.78 Å². The maximum Gasteiger partial charge on any atom is 0.195 e. The Morgan fingerprint density at radius 1 is 1.20 bits per heavy atom. The van der Waals surface area contributed by atoms with E-state index in [1.54, 1.807) is 31.4 Å². The summed E-state index contributed by atoms with van der Waals surface area (Å²) in [6.45, 7) is 2.44. The molecule has 3 aromatic rings. The Morgan fingerprint density at radius 2 is 1.88 bits per heavy atom. The van der Waals surface area contributed by atoms with Crippen LogP contribution in [0, 0.1) is 6.92 Å². The fraction of sp³-hybridized carbons (Fsp3) is 0.250. The number of nitrogens with two attached hydrogens (primary N) is 1. The number of para-hydroxylation sites is 1. The summed E-state index contributed by atoms with van der Waals surface area (Å²) in [4.78, 5) is 13.1. The first-order chi connectivity index (χ1) is 12.1. The van der Waals surface area contributed by atoms with Crippen molar-refractivity contribution in [3.63, 3.8) is 0 Å². The molecule has 5 heteroatoms. The number of methoxy groups -OCH3 is 1. The van der Waals surface area contributed by atoms with Gasteiger partial charge in [-0.15, -0.1) is 0 Å². The van der Waals surface area contributed by atoms with E-state index in [-0.39, 0.29) is 12.3 Å². The van der Waals surface area contributed by atoms with Gasteiger partial charge in [-0.3, -0.25) is 4.79 Å². The predicted octanol–water partition coefficient (Wildman–Crippen LogP) is 2.51. The van der Waals surface area contributed by atoms with Crippen molar-refractivity contribution in [2.24, 2.45) is 5.73 Å². The van der Waals surface area contributed by atoms with Crippen LogP contribution >= 0.6 is 0 Å². The van der Waals surface area contributed by atoms with E-state index < -0.39 is 6.10 Å². The SMILES string of the molecule is COc1ccc(C(=O)c2c(C)n(CC(O)CN)c3ccccc23)cc1. The summed E-state index contributed by atoms with van der Waals surface area (Å²) in [6.07, 6.45) is -0.654. The van der Waals surface area contributed by atoms with Crippen LogP contribution in [0.1, 0.15) is 21.6 Å². The van der Waals surface area contributed by atoms with Crippen LogP contribution in [0.5, 0.6) is 5.75 Å². The molecule has 0 saturated heterocycles. The third kappa shape index (κ3) is 3.16. The van der Waals surface area contributed by atoms with E-state index in [4.69, 9.17) is 10.5 Å². The van der Waals surface area contributed by atoms with E-state index in [9.17, 15) is 9.90 Å². The van der Waals surface area contributed by atoms with Crippen LogP contribution in [0.25, 0.3) is 10.9 Å². The Morgan fingerprint density at radius 3 is 2.52 bits per heavy atom. The lowest BCUT2D eigenvalue weighted by Crippen LogP contribution is -2.25. The molecule has 1 heterocycles. The number of aromatic nitrogens is 1. The molecule has 0 saturated carbocycles. The normalized spacial score (nSPS) is 12.3. The zero-order chi connectivity index (χ0) is 18.0. The number of ether oxygens (including phenoxy) is 1. The van der Waals surface area contributed by atoms with Gasteiger partial charge < -0.3 is 20.1 Å². The second kappa shape index (κ2) is 7.09. The minimum absolute atomic E-state index is 0.0441. The molecule has 0 aliphatic heterocycles. The number of aliphatic hydroxyl groups is 1. The maximum absolute atomic E-state index is 13.1. The Hall–Kier alpha value is -2.63. The molecule has 0 amide bonds. The van der Waals surface area contributed by atoms with Gasteiger partial charge in [0, 0.05) is 28.7 Å². The van der Waals surface area contributed by atoms with Crippen LogP contribution in [-0.4, -0.2) is 35.2 Å². The summed E-state index contributed by atoms with van der Waals surface area (Å²) < 4.78 is 7.12. The lowest BCUT2D eigenvalue weighted by Gasteiger charge is -2.12. The topological polar surface area (TPSA) is 77.5 Å². The second-order valence-electron chi connectivity index (χ2n) is 6.04. The summed E-state index contributed by atoms with van der Waals surface area (Å²) in [5, 5.41) is 10.9. The molecule has 0 aliphatic rings. The monoisotopic (exact) mass is 338 g/mol. The van der Waals surface area contributed by atoms with Crippen LogP contribution in [0.2, 0.25) is 0 Å². The Kier molecular flexibility index (Phi) is 4.88. The van der Waals surface area contributed by atoms with Crippen molar-refractivity contribution < 1.29 is 14.6 Å². The van der Waals surface area contributed by atoms with Gasteiger partial charge in [-0.1, -0.05) is 18.2 Å². The number of carbonyl (C=O) groups excluding carboxylic acids is 1. The first-order valence-corrected chi connectivity index (χ1v) is 8.21. The molecule has 25 heavy (non-hydrogen) atoms. The fourth-order valence-electron chi connectivity index (χ4n) is 3.12.